The van der Waals surface area contributed by atoms with Crippen LogP contribution in [0.3, 0.4) is 0 Å². The maximum atomic E-state index is 13.5. The Hall–Kier alpha value is -3.78. The number of para-hydroxylation sites is 1. The summed E-state index contributed by atoms with van der Waals surface area (Å²) in [6.45, 7) is 0.657. The van der Waals surface area contributed by atoms with Gasteiger partial charge in [0.2, 0.25) is 5.78 Å². The number of phenolic OH excluding ortho intramolecular Hbond substituents is 1. The first-order valence-corrected chi connectivity index (χ1v) is 10.1. The maximum absolute atomic E-state index is 13.5. The number of phenols is 1. The van der Waals surface area contributed by atoms with Crippen molar-refractivity contribution in [2.75, 3.05) is 27.4 Å². The number of carbonyl (C=O) groups excluding carboxylic acids is 2. The smallest absolute Gasteiger partial charge is 0.290 e. The van der Waals surface area contributed by atoms with E-state index in [2.05, 4.69) is 0 Å². The molecule has 8 nitrogen and oxygen atoms in total. The molecule has 32 heavy (non-hydrogen) atoms. The SMILES string of the molecule is COCCCN1C(=O)C(O)=C(C(=O)c2cc3ccccc3o2)C1c1ccc(O)c(OC)c1. The topological polar surface area (TPSA) is 109 Å². The summed E-state index contributed by atoms with van der Waals surface area (Å²) in [5, 5.41) is 21.4. The van der Waals surface area contributed by atoms with Gasteiger partial charge in [-0.3, -0.25) is 9.59 Å². The normalized spacial score (nSPS) is 16.2. The van der Waals surface area contributed by atoms with Crippen LogP contribution in [0.15, 0.2) is 64.3 Å². The standard InChI is InChI=1S/C24H23NO7/c1-30-11-5-10-25-21(15-8-9-16(26)18(13-15)31-2)20(23(28)24(25)29)22(27)19-12-14-6-3-4-7-17(14)32-19/h3-4,6-9,12-13,21,26,28H,5,10-11H2,1-2H3. The second-order valence-electron chi connectivity index (χ2n) is 7.42. The van der Waals surface area contributed by atoms with Gasteiger partial charge >= 0.3 is 0 Å². The van der Waals surface area contributed by atoms with Gasteiger partial charge in [-0.1, -0.05) is 24.3 Å². The van der Waals surface area contributed by atoms with E-state index in [0.717, 1.165) is 5.39 Å². The molecular weight excluding hydrogens is 414 g/mol. The molecule has 8 heteroatoms. The number of aromatic hydroxyl groups is 1. The second kappa shape index (κ2) is 8.76. The zero-order valence-electron chi connectivity index (χ0n) is 17.7. The Morgan fingerprint density at radius 1 is 1.12 bits per heavy atom. The minimum absolute atomic E-state index is 0.0232. The number of aliphatic hydroxyl groups excluding tert-OH is 1. The number of amides is 1. The first-order valence-electron chi connectivity index (χ1n) is 10.1. The van der Waals surface area contributed by atoms with E-state index in [1.54, 1.807) is 37.4 Å². The van der Waals surface area contributed by atoms with Crippen LogP contribution in [-0.4, -0.2) is 54.2 Å². The third-order valence-corrected chi connectivity index (χ3v) is 5.46. The van der Waals surface area contributed by atoms with Crippen molar-refractivity contribution < 1.29 is 33.7 Å². The second-order valence-corrected chi connectivity index (χ2v) is 7.42. The third kappa shape index (κ3) is 3.69. The summed E-state index contributed by atoms with van der Waals surface area (Å²) in [6, 6.07) is 12.4. The van der Waals surface area contributed by atoms with Gasteiger partial charge < -0.3 is 29.0 Å². The molecule has 0 radical (unpaired) electrons. The lowest BCUT2D eigenvalue weighted by atomic mass is 9.94. The Morgan fingerprint density at radius 3 is 2.62 bits per heavy atom. The molecule has 2 N–H and O–H groups in total. The largest absolute Gasteiger partial charge is 0.504 e. The Labute approximate surface area is 184 Å². The molecule has 0 bridgehead atoms. The third-order valence-electron chi connectivity index (χ3n) is 5.46. The number of fused-ring (bicyclic) bond motifs is 1. The minimum atomic E-state index is -0.880. The van der Waals surface area contributed by atoms with E-state index >= 15 is 0 Å². The Balaban J connectivity index is 1.80. The van der Waals surface area contributed by atoms with Gasteiger partial charge in [0, 0.05) is 25.6 Å². The fourth-order valence-corrected chi connectivity index (χ4v) is 3.93. The van der Waals surface area contributed by atoms with Gasteiger partial charge in [-0.2, -0.15) is 0 Å². The van der Waals surface area contributed by atoms with Gasteiger partial charge in [0.05, 0.1) is 18.7 Å². The zero-order chi connectivity index (χ0) is 22.8. The fourth-order valence-electron chi connectivity index (χ4n) is 3.93. The predicted octanol–water partition coefficient (Wildman–Crippen LogP) is 3.76. The number of benzene rings is 2. The van der Waals surface area contributed by atoms with E-state index < -0.39 is 23.5 Å². The summed E-state index contributed by atoms with van der Waals surface area (Å²) in [5.41, 5.74) is 0.952. The number of aliphatic hydroxyl groups is 1. The van der Waals surface area contributed by atoms with Crippen molar-refractivity contribution in [1.82, 2.24) is 4.90 Å². The molecule has 166 valence electrons. The van der Waals surface area contributed by atoms with Crippen molar-refractivity contribution in [3.05, 3.63) is 71.2 Å². The molecule has 1 amide bonds. The van der Waals surface area contributed by atoms with Crippen molar-refractivity contribution >= 4 is 22.7 Å². The van der Waals surface area contributed by atoms with Crippen LogP contribution >= 0.6 is 0 Å². The lowest BCUT2D eigenvalue weighted by Crippen LogP contribution is -2.32. The van der Waals surface area contributed by atoms with Crippen molar-refractivity contribution in [2.24, 2.45) is 0 Å². The van der Waals surface area contributed by atoms with Gasteiger partial charge in [0.1, 0.15) is 5.58 Å². The van der Waals surface area contributed by atoms with Crippen LogP contribution in [0.2, 0.25) is 0 Å². The summed E-state index contributed by atoms with van der Waals surface area (Å²) >= 11 is 0. The number of ether oxygens (including phenoxy) is 2. The summed E-state index contributed by atoms with van der Waals surface area (Å²) < 4.78 is 16.0. The molecule has 0 fully saturated rings. The number of rotatable bonds is 8. The summed E-state index contributed by atoms with van der Waals surface area (Å²) in [4.78, 5) is 27.8. The van der Waals surface area contributed by atoms with E-state index in [4.69, 9.17) is 13.9 Å². The minimum Gasteiger partial charge on any atom is -0.504 e. The molecule has 2 heterocycles. The molecule has 1 unspecified atom stereocenters. The van der Waals surface area contributed by atoms with Crippen LogP contribution in [0.5, 0.6) is 11.5 Å². The van der Waals surface area contributed by atoms with E-state index in [0.29, 0.717) is 24.2 Å². The molecule has 1 atom stereocenters. The van der Waals surface area contributed by atoms with Gasteiger partial charge in [0.15, 0.2) is 23.0 Å². The highest BCUT2D eigenvalue weighted by atomic mass is 16.5. The van der Waals surface area contributed by atoms with Crippen LogP contribution in [0.25, 0.3) is 11.0 Å². The Bertz CT molecular complexity index is 1180. The van der Waals surface area contributed by atoms with Crippen LogP contribution in [0.4, 0.5) is 0 Å². The van der Waals surface area contributed by atoms with Gasteiger partial charge in [-0.15, -0.1) is 0 Å². The highest BCUT2D eigenvalue weighted by Gasteiger charge is 2.44. The molecule has 0 aliphatic carbocycles. The maximum Gasteiger partial charge on any atom is 0.290 e. The van der Waals surface area contributed by atoms with Crippen molar-refractivity contribution in [3.8, 4) is 11.5 Å². The van der Waals surface area contributed by atoms with Crippen LogP contribution in [0, 0.1) is 0 Å². The lowest BCUT2D eigenvalue weighted by molar-refractivity contribution is -0.129. The summed E-state index contributed by atoms with van der Waals surface area (Å²) in [6.07, 6.45) is 0.507. The van der Waals surface area contributed by atoms with E-state index in [1.807, 2.05) is 12.1 Å². The van der Waals surface area contributed by atoms with E-state index in [-0.39, 0.29) is 29.4 Å². The first kappa shape index (κ1) is 21.5. The average Bonchev–Trinajstić information content (AvgIpc) is 3.34. The summed E-state index contributed by atoms with van der Waals surface area (Å²) in [7, 11) is 2.96. The first-order chi connectivity index (χ1) is 15.5. The van der Waals surface area contributed by atoms with Crippen LogP contribution in [-0.2, 0) is 9.53 Å². The fraction of sp³-hybridized carbons (Fsp3) is 0.250. The number of hydrogen-bond acceptors (Lipinski definition) is 7. The molecule has 0 saturated carbocycles. The summed E-state index contributed by atoms with van der Waals surface area (Å²) in [5.74, 6) is -1.73. The molecule has 2 aromatic carbocycles. The Morgan fingerprint density at radius 2 is 1.91 bits per heavy atom. The molecule has 4 rings (SSSR count). The molecule has 0 saturated heterocycles. The monoisotopic (exact) mass is 437 g/mol. The number of hydrogen-bond donors (Lipinski definition) is 2. The zero-order valence-corrected chi connectivity index (χ0v) is 17.7. The number of nitrogens with zero attached hydrogens (tertiary/aromatic N) is 1. The molecule has 1 aromatic heterocycles. The number of furan rings is 1. The van der Waals surface area contributed by atoms with E-state index in [9.17, 15) is 19.8 Å². The van der Waals surface area contributed by atoms with Crippen molar-refractivity contribution in [2.45, 2.75) is 12.5 Å². The number of carbonyl (C=O) groups is 2. The molecule has 1 aliphatic rings. The average molecular weight is 437 g/mol. The molecule has 3 aromatic rings. The highest BCUT2D eigenvalue weighted by molar-refractivity contribution is 6.16. The van der Waals surface area contributed by atoms with Crippen LogP contribution < -0.4 is 4.74 Å². The van der Waals surface area contributed by atoms with Crippen LogP contribution in [0.1, 0.15) is 28.6 Å². The van der Waals surface area contributed by atoms with Crippen molar-refractivity contribution in [3.63, 3.8) is 0 Å². The number of methoxy groups -OCH3 is 2. The number of ketones is 1. The molecule has 1 aliphatic heterocycles. The number of Topliss-reactive ketones (excluding diaryl/α,β-unsaturated/α-hetero) is 1. The van der Waals surface area contributed by atoms with Gasteiger partial charge in [-0.25, -0.2) is 0 Å². The van der Waals surface area contributed by atoms with Gasteiger partial charge in [-0.05, 0) is 36.2 Å². The highest BCUT2D eigenvalue weighted by Crippen LogP contribution is 2.41. The molecular formula is C24H23NO7. The molecule has 0 spiro atoms. The quantitative estimate of drug-likeness (QED) is 0.408. The van der Waals surface area contributed by atoms with E-state index in [1.165, 1.54) is 18.1 Å². The Kier molecular flexibility index (Phi) is 5.87. The lowest BCUT2D eigenvalue weighted by Gasteiger charge is -2.27. The predicted molar refractivity (Wildman–Crippen MR) is 116 cm³/mol. The van der Waals surface area contributed by atoms with Gasteiger partial charge in [0.25, 0.3) is 5.91 Å². The van der Waals surface area contributed by atoms with Crippen molar-refractivity contribution in [1.29, 1.82) is 0 Å².